The zero-order valence-electron chi connectivity index (χ0n) is 14.5. The molecule has 3 nitrogen and oxygen atoms in total. The van der Waals surface area contributed by atoms with E-state index in [0.717, 1.165) is 34.8 Å². The van der Waals surface area contributed by atoms with Gasteiger partial charge in [-0.05, 0) is 61.4 Å². The summed E-state index contributed by atoms with van der Waals surface area (Å²) in [5.74, 6) is 2.55. The maximum Gasteiger partial charge on any atom is 0.128 e. The number of benzene rings is 3. The monoisotopic (exact) mass is 334 g/mol. The number of ether oxygens (including phenoxy) is 2. The van der Waals surface area contributed by atoms with Gasteiger partial charge in [0.15, 0.2) is 0 Å². The summed E-state index contributed by atoms with van der Waals surface area (Å²) in [6.45, 7) is 4.15. The Labute approximate surface area is 148 Å². The summed E-state index contributed by atoms with van der Waals surface area (Å²) < 4.78 is 11.7. The van der Waals surface area contributed by atoms with Crippen LogP contribution in [-0.4, -0.2) is 11.2 Å². The molecule has 1 N–H and O–H groups in total. The van der Waals surface area contributed by atoms with Gasteiger partial charge in [0, 0.05) is 5.56 Å². The van der Waals surface area contributed by atoms with Crippen LogP contribution in [0.5, 0.6) is 23.0 Å². The van der Waals surface area contributed by atoms with E-state index in [2.05, 4.69) is 13.8 Å². The van der Waals surface area contributed by atoms with Crippen molar-refractivity contribution in [2.75, 3.05) is 0 Å². The predicted octanol–water partition coefficient (Wildman–Crippen LogP) is 6.03. The molecule has 25 heavy (non-hydrogen) atoms. The van der Waals surface area contributed by atoms with Crippen LogP contribution in [-0.2, 0) is 0 Å². The van der Waals surface area contributed by atoms with E-state index in [-0.39, 0.29) is 11.9 Å². The molecule has 0 heterocycles. The molecule has 0 spiro atoms. The van der Waals surface area contributed by atoms with Gasteiger partial charge in [-0.2, -0.15) is 0 Å². The van der Waals surface area contributed by atoms with Crippen LogP contribution in [0.1, 0.15) is 20.3 Å². The molecule has 0 amide bonds. The highest BCUT2D eigenvalue weighted by Crippen LogP contribution is 2.32. The van der Waals surface area contributed by atoms with Gasteiger partial charge in [-0.1, -0.05) is 37.3 Å². The van der Waals surface area contributed by atoms with Gasteiger partial charge in [-0.15, -0.1) is 0 Å². The van der Waals surface area contributed by atoms with E-state index in [0.29, 0.717) is 0 Å². The highest BCUT2D eigenvalue weighted by molar-refractivity contribution is 5.71. The third kappa shape index (κ3) is 4.32. The molecule has 3 heteroatoms. The summed E-state index contributed by atoms with van der Waals surface area (Å²) in [7, 11) is 0. The van der Waals surface area contributed by atoms with E-state index >= 15 is 0 Å². The van der Waals surface area contributed by atoms with Gasteiger partial charge < -0.3 is 14.6 Å². The molecule has 1 unspecified atom stereocenters. The van der Waals surface area contributed by atoms with Crippen LogP contribution in [0.15, 0.2) is 72.8 Å². The minimum atomic E-state index is 0.196. The molecule has 0 fully saturated rings. The van der Waals surface area contributed by atoms with Gasteiger partial charge in [0.25, 0.3) is 0 Å². The number of hydrogen-bond acceptors (Lipinski definition) is 3. The molecule has 0 aliphatic rings. The van der Waals surface area contributed by atoms with Crippen molar-refractivity contribution >= 4 is 0 Å². The fraction of sp³-hybridized carbons (Fsp3) is 0.182. The Balaban J connectivity index is 1.75. The van der Waals surface area contributed by atoms with Gasteiger partial charge in [-0.3, -0.25) is 0 Å². The number of hydrogen-bond donors (Lipinski definition) is 1. The average Bonchev–Trinajstić information content (AvgIpc) is 2.64. The van der Waals surface area contributed by atoms with Gasteiger partial charge in [-0.25, -0.2) is 0 Å². The van der Waals surface area contributed by atoms with Gasteiger partial charge in [0.2, 0.25) is 0 Å². The first-order valence-electron chi connectivity index (χ1n) is 8.48. The lowest BCUT2D eigenvalue weighted by molar-refractivity contribution is 0.217. The Morgan fingerprint density at radius 3 is 2.28 bits per heavy atom. The molecule has 0 aromatic heterocycles. The summed E-state index contributed by atoms with van der Waals surface area (Å²) in [6, 6.07) is 22.6. The van der Waals surface area contributed by atoms with E-state index in [1.165, 1.54) is 0 Å². The van der Waals surface area contributed by atoms with Crippen LogP contribution in [0.2, 0.25) is 0 Å². The second-order valence-electron chi connectivity index (χ2n) is 5.96. The van der Waals surface area contributed by atoms with Crippen LogP contribution >= 0.6 is 0 Å². The predicted molar refractivity (Wildman–Crippen MR) is 100 cm³/mol. The molecule has 1 atom stereocenters. The Morgan fingerprint density at radius 1 is 0.840 bits per heavy atom. The van der Waals surface area contributed by atoms with Crippen molar-refractivity contribution in [3.63, 3.8) is 0 Å². The van der Waals surface area contributed by atoms with Crippen molar-refractivity contribution in [2.45, 2.75) is 26.4 Å². The van der Waals surface area contributed by atoms with Crippen molar-refractivity contribution in [3.05, 3.63) is 72.8 Å². The second-order valence-corrected chi connectivity index (χ2v) is 5.96. The summed E-state index contributed by atoms with van der Waals surface area (Å²) >= 11 is 0. The number of phenols is 1. The van der Waals surface area contributed by atoms with E-state index < -0.39 is 0 Å². The summed E-state index contributed by atoms with van der Waals surface area (Å²) in [5, 5.41) is 10.0. The van der Waals surface area contributed by atoms with Gasteiger partial charge >= 0.3 is 0 Å². The van der Waals surface area contributed by atoms with E-state index in [1.807, 2.05) is 66.7 Å². The molecule has 0 aliphatic carbocycles. The van der Waals surface area contributed by atoms with E-state index in [4.69, 9.17) is 9.47 Å². The minimum Gasteiger partial charge on any atom is -0.507 e. The molecule has 3 aromatic carbocycles. The van der Waals surface area contributed by atoms with Crippen LogP contribution < -0.4 is 9.47 Å². The largest absolute Gasteiger partial charge is 0.507 e. The Morgan fingerprint density at radius 2 is 1.56 bits per heavy atom. The van der Waals surface area contributed by atoms with Crippen LogP contribution in [0, 0.1) is 0 Å². The Hall–Kier alpha value is -2.94. The van der Waals surface area contributed by atoms with Gasteiger partial charge in [0.1, 0.15) is 23.0 Å². The third-order valence-electron chi connectivity index (χ3n) is 4.02. The molecular formula is C22H22O3. The molecule has 0 bridgehead atoms. The fourth-order valence-electron chi connectivity index (χ4n) is 2.48. The van der Waals surface area contributed by atoms with Crippen molar-refractivity contribution in [1.82, 2.24) is 0 Å². The molecule has 128 valence electrons. The molecule has 0 aliphatic heterocycles. The Kier molecular flexibility index (Phi) is 5.24. The lowest BCUT2D eigenvalue weighted by Crippen LogP contribution is -2.09. The van der Waals surface area contributed by atoms with Crippen LogP contribution in [0.3, 0.4) is 0 Å². The molecule has 0 saturated carbocycles. The Bertz CT molecular complexity index is 825. The first-order chi connectivity index (χ1) is 12.2. The van der Waals surface area contributed by atoms with Crippen molar-refractivity contribution in [1.29, 1.82) is 0 Å². The zero-order chi connectivity index (χ0) is 17.6. The highest BCUT2D eigenvalue weighted by Gasteiger charge is 2.06. The quantitative estimate of drug-likeness (QED) is 0.598. The summed E-state index contributed by atoms with van der Waals surface area (Å²) in [4.78, 5) is 0. The normalized spacial score (nSPS) is 11.8. The van der Waals surface area contributed by atoms with Crippen molar-refractivity contribution in [3.8, 4) is 34.1 Å². The maximum absolute atomic E-state index is 10.0. The topological polar surface area (TPSA) is 38.7 Å². The first-order valence-corrected chi connectivity index (χ1v) is 8.48. The average molecular weight is 334 g/mol. The van der Waals surface area contributed by atoms with Crippen LogP contribution in [0.25, 0.3) is 11.1 Å². The lowest BCUT2D eigenvalue weighted by atomic mass is 10.0. The first kappa shape index (κ1) is 16.9. The summed E-state index contributed by atoms with van der Waals surface area (Å²) in [5.41, 5.74) is 1.69. The lowest BCUT2D eigenvalue weighted by Gasteiger charge is -2.13. The third-order valence-corrected chi connectivity index (χ3v) is 4.02. The fourth-order valence-corrected chi connectivity index (χ4v) is 2.48. The molecule has 3 rings (SSSR count). The van der Waals surface area contributed by atoms with E-state index in [9.17, 15) is 5.11 Å². The maximum atomic E-state index is 10.0. The van der Waals surface area contributed by atoms with E-state index in [1.54, 1.807) is 6.07 Å². The van der Waals surface area contributed by atoms with Crippen LogP contribution in [0.4, 0.5) is 0 Å². The standard InChI is InChI=1S/C22H22O3/c1-3-16(2)24-18-11-13-19(14-12-18)25-20-8-6-7-17(15-20)21-9-4-5-10-22(21)23/h4-16,23H,3H2,1-2H3. The SMILES string of the molecule is CCC(C)Oc1ccc(Oc2cccc(-c3ccccc3O)c2)cc1. The smallest absolute Gasteiger partial charge is 0.128 e. The number of phenolic OH excluding ortho intramolecular Hbond substituents is 1. The summed E-state index contributed by atoms with van der Waals surface area (Å²) in [6.07, 6.45) is 1.17. The molecule has 0 saturated heterocycles. The number of rotatable bonds is 6. The highest BCUT2D eigenvalue weighted by atomic mass is 16.5. The van der Waals surface area contributed by atoms with Crippen molar-refractivity contribution in [2.24, 2.45) is 0 Å². The molecule has 3 aromatic rings. The van der Waals surface area contributed by atoms with Gasteiger partial charge in [0.05, 0.1) is 6.10 Å². The zero-order valence-corrected chi connectivity index (χ0v) is 14.5. The minimum absolute atomic E-state index is 0.196. The van der Waals surface area contributed by atoms with Crippen molar-refractivity contribution < 1.29 is 14.6 Å². The number of para-hydroxylation sites is 1. The second kappa shape index (κ2) is 7.75. The molecular weight excluding hydrogens is 312 g/mol. The number of aromatic hydroxyl groups is 1. The molecule has 0 radical (unpaired) electrons.